The molecule has 0 aliphatic carbocycles. The van der Waals surface area contributed by atoms with Gasteiger partial charge in [0.15, 0.2) is 0 Å². The molecule has 2 aromatic carbocycles. The molecule has 0 aliphatic rings. The van der Waals surface area contributed by atoms with Crippen molar-refractivity contribution in [2.75, 3.05) is 23.7 Å². The van der Waals surface area contributed by atoms with Gasteiger partial charge in [-0.05, 0) is 43.5 Å². The van der Waals surface area contributed by atoms with Crippen molar-refractivity contribution in [3.8, 4) is 0 Å². The van der Waals surface area contributed by atoms with Gasteiger partial charge in [-0.3, -0.25) is 13.9 Å². The molecule has 2 amide bonds. The lowest BCUT2D eigenvalue weighted by atomic mass is 10.1. The molecule has 180 valence electrons. The Morgan fingerprint density at radius 1 is 1.03 bits per heavy atom. The van der Waals surface area contributed by atoms with E-state index in [2.05, 4.69) is 5.32 Å². The monoisotopic (exact) mass is 493 g/mol. The Bertz CT molecular complexity index is 1030. The van der Waals surface area contributed by atoms with E-state index in [0.717, 1.165) is 11.8 Å². The molecule has 2 aromatic rings. The van der Waals surface area contributed by atoms with Crippen molar-refractivity contribution in [3.63, 3.8) is 0 Å². The molecule has 0 saturated heterocycles. The Kier molecular flexibility index (Phi) is 10.2. The van der Waals surface area contributed by atoms with Crippen LogP contribution in [0.5, 0.6) is 0 Å². The number of para-hydroxylation sites is 1. The van der Waals surface area contributed by atoms with Gasteiger partial charge in [0.1, 0.15) is 6.04 Å². The highest BCUT2D eigenvalue weighted by Crippen LogP contribution is 2.22. The summed E-state index contributed by atoms with van der Waals surface area (Å²) in [5.74, 6) is -0.447. The molecular weight excluding hydrogens is 462 g/mol. The molecule has 33 heavy (non-hydrogen) atoms. The van der Waals surface area contributed by atoms with E-state index in [-0.39, 0.29) is 31.3 Å². The van der Waals surface area contributed by atoms with Gasteiger partial charge in [0, 0.05) is 31.1 Å². The van der Waals surface area contributed by atoms with Gasteiger partial charge in [0.2, 0.25) is 21.8 Å². The van der Waals surface area contributed by atoms with Crippen LogP contribution in [0.25, 0.3) is 0 Å². The maximum Gasteiger partial charge on any atom is 0.242 e. The molecule has 0 aliphatic heterocycles. The van der Waals surface area contributed by atoms with Crippen molar-refractivity contribution < 1.29 is 18.0 Å². The summed E-state index contributed by atoms with van der Waals surface area (Å²) in [6, 6.07) is 15.3. The maximum absolute atomic E-state index is 13.3. The Balaban J connectivity index is 2.19. The fourth-order valence-corrected chi connectivity index (χ4v) is 4.78. The van der Waals surface area contributed by atoms with E-state index in [0.29, 0.717) is 30.1 Å². The highest BCUT2D eigenvalue weighted by atomic mass is 35.5. The average molecular weight is 494 g/mol. The van der Waals surface area contributed by atoms with Crippen molar-refractivity contribution in [2.45, 2.75) is 45.7 Å². The number of carbonyl (C=O) groups excluding carboxylic acids is 2. The van der Waals surface area contributed by atoms with Gasteiger partial charge in [-0.2, -0.15) is 0 Å². The molecule has 2 rings (SSSR count). The summed E-state index contributed by atoms with van der Waals surface area (Å²) in [7, 11) is -3.51. The van der Waals surface area contributed by atoms with Crippen LogP contribution < -0.4 is 9.62 Å². The molecule has 0 radical (unpaired) electrons. The van der Waals surface area contributed by atoms with Gasteiger partial charge in [0.05, 0.1) is 11.9 Å². The van der Waals surface area contributed by atoms with E-state index in [1.807, 2.05) is 38.1 Å². The molecule has 0 bridgehead atoms. The Labute approximate surface area is 201 Å². The second-order valence-corrected chi connectivity index (χ2v) is 10.0. The summed E-state index contributed by atoms with van der Waals surface area (Å²) in [5.41, 5.74) is 1.30. The first-order valence-electron chi connectivity index (χ1n) is 11.0. The molecule has 1 unspecified atom stereocenters. The minimum atomic E-state index is -3.51. The van der Waals surface area contributed by atoms with Gasteiger partial charge in [0.25, 0.3) is 0 Å². The van der Waals surface area contributed by atoms with E-state index in [9.17, 15) is 18.0 Å². The predicted octanol–water partition coefficient (Wildman–Crippen LogP) is 3.83. The number of sulfonamides is 1. The highest BCUT2D eigenvalue weighted by molar-refractivity contribution is 7.92. The quantitative estimate of drug-likeness (QED) is 0.486. The highest BCUT2D eigenvalue weighted by Gasteiger charge is 2.29. The lowest BCUT2D eigenvalue weighted by molar-refractivity contribution is -0.141. The summed E-state index contributed by atoms with van der Waals surface area (Å²) in [4.78, 5) is 27.5. The standard InChI is InChI=1S/C24H32ClN3O4S/c1-4-22(24(30)26-5-2)27(18-19-12-9-10-15-21(19)25)23(29)16-11-17-28(33(3,31)32)20-13-7-6-8-14-20/h6-10,12-15,22H,4-5,11,16-18H2,1-3H3,(H,26,30). The number of amides is 2. The van der Waals surface area contributed by atoms with Crippen molar-refractivity contribution in [1.29, 1.82) is 0 Å². The first-order chi connectivity index (χ1) is 15.7. The number of likely N-dealkylation sites (N-methyl/N-ethyl adjacent to an activating group) is 1. The fourth-order valence-electron chi connectivity index (χ4n) is 3.62. The van der Waals surface area contributed by atoms with Crippen LogP contribution in [0.2, 0.25) is 5.02 Å². The molecule has 7 nitrogen and oxygen atoms in total. The zero-order valence-corrected chi connectivity index (χ0v) is 20.9. The van der Waals surface area contributed by atoms with Crippen LogP contribution in [0.3, 0.4) is 0 Å². The number of hydrogen-bond donors (Lipinski definition) is 1. The summed E-state index contributed by atoms with van der Waals surface area (Å²) >= 11 is 6.31. The first kappa shape index (κ1) is 26.7. The van der Waals surface area contributed by atoms with Gasteiger partial charge < -0.3 is 10.2 Å². The molecule has 0 spiro atoms. The summed E-state index contributed by atoms with van der Waals surface area (Å²) < 4.78 is 25.9. The van der Waals surface area contributed by atoms with Crippen LogP contribution in [0.1, 0.15) is 38.7 Å². The number of rotatable bonds is 12. The third kappa shape index (κ3) is 7.75. The van der Waals surface area contributed by atoms with E-state index in [1.165, 1.54) is 4.31 Å². The number of carbonyl (C=O) groups is 2. The second-order valence-electron chi connectivity index (χ2n) is 7.71. The SMILES string of the molecule is CCNC(=O)C(CC)N(Cc1ccccc1Cl)C(=O)CCCN(c1ccccc1)S(C)(=O)=O. The maximum atomic E-state index is 13.3. The smallest absolute Gasteiger partial charge is 0.242 e. The van der Waals surface area contributed by atoms with Crippen molar-refractivity contribution in [1.82, 2.24) is 10.2 Å². The van der Waals surface area contributed by atoms with Gasteiger partial charge in [-0.25, -0.2) is 8.42 Å². The topological polar surface area (TPSA) is 86.8 Å². The van der Waals surface area contributed by atoms with Crippen LogP contribution in [-0.4, -0.2) is 50.5 Å². The number of anilines is 1. The zero-order valence-electron chi connectivity index (χ0n) is 19.3. The number of hydrogen-bond acceptors (Lipinski definition) is 4. The van der Waals surface area contributed by atoms with Crippen LogP contribution in [0.15, 0.2) is 54.6 Å². The van der Waals surface area contributed by atoms with E-state index in [4.69, 9.17) is 11.6 Å². The molecule has 0 fully saturated rings. The van der Waals surface area contributed by atoms with Crippen LogP contribution in [0.4, 0.5) is 5.69 Å². The van der Waals surface area contributed by atoms with Crippen molar-refractivity contribution in [3.05, 3.63) is 65.2 Å². The molecule has 0 saturated carbocycles. The fraction of sp³-hybridized carbons (Fsp3) is 0.417. The van der Waals surface area contributed by atoms with Crippen LogP contribution in [0, 0.1) is 0 Å². The Hall–Kier alpha value is -2.58. The zero-order chi connectivity index (χ0) is 24.4. The minimum absolute atomic E-state index is 0.0964. The third-order valence-electron chi connectivity index (χ3n) is 5.23. The number of nitrogens with zero attached hydrogens (tertiary/aromatic N) is 2. The first-order valence-corrected chi connectivity index (χ1v) is 13.2. The van der Waals surface area contributed by atoms with Gasteiger partial charge >= 0.3 is 0 Å². The van der Waals surface area contributed by atoms with E-state index >= 15 is 0 Å². The van der Waals surface area contributed by atoms with Crippen LogP contribution in [-0.2, 0) is 26.2 Å². The predicted molar refractivity (Wildman–Crippen MR) is 133 cm³/mol. The normalized spacial score (nSPS) is 12.1. The Morgan fingerprint density at radius 3 is 2.24 bits per heavy atom. The third-order valence-corrected chi connectivity index (χ3v) is 6.79. The molecular formula is C24H32ClN3O4S. The average Bonchev–Trinajstić information content (AvgIpc) is 2.77. The number of benzene rings is 2. The van der Waals surface area contributed by atoms with E-state index in [1.54, 1.807) is 35.2 Å². The van der Waals surface area contributed by atoms with E-state index < -0.39 is 16.1 Å². The lowest BCUT2D eigenvalue weighted by Gasteiger charge is -2.31. The van der Waals surface area contributed by atoms with Gasteiger partial charge in [-0.15, -0.1) is 0 Å². The largest absolute Gasteiger partial charge is 0.355 e. The molecule has 1 N–H and O–H groups in total. The minimum Gasteiger partial charge on any atom is -0.355 e. The molecule has 0 aromatic heterocycles. The summed E-state index contributed by atoms with van der Waals surface area (Å²) in [6.45, 7) is 4.50. The van der Waals surface area contributed by atoms with Gasteiger partial charge in [-0.1, -0.05) is 54.9 Å². The summed E-state index contributed by atoms with van der Waals surface area (Å²) in [6.07, 6.45) is 2.00. The molecule has 1 atom stereocenters. The second kappa shape index (κ2) is 12.6. The number of nitrogens with one attached hydrogen (secondary N) is 1. The van der Waals surface area contributed by atoms with Crippen molar-refractivity contribution in [2.24, 2.45) is 0 Å². The summed E-state index contributed by atoms with van der Waals surface area (Å²) in [5, 5.41) is 3.32. The van der Waals surface area contributed by atoms with Crippen molar-refractivity contribution >= 4 is 39.1 Å². The molecule has 0 heterocycles. The Morgan fingerprint density at radius 2 is 1.67 bits per heavy atom. The molecule has 9 heteroatoms. The van der Waals surface area contributed by atoms with Crippen LogP contribution >= 0.6 is 11.6 Å². The lowest BCUT2D eigenvalue weighted by Crippen LogP contribution is -2.49. The number of halogens is 1.